The van der Waals surface area contributed by atoms with E-state index in [2.05, 4.69) is 5.43 Å². The lowest BCUT2D eigenvalue weighted by molar-refractivity contribution is -0.184. The molecule has 1 aliphatic rings. The molecule has 1 aromatic carbocycles. The van der Waals surface area contributed by atoms with Gasteiger partial charge in [0.25, 0.3) is 0 Å². The number of benzene rings is 1. The van der Waals surface area contributed by atoms with Crippen molar-refractivity contribution < 1.29 is 17.6 Å². The summed E-state index contributed by atoms with van der Waals surface area (Å²) in [5, 5.41) is 0. The highest BCUT2D eigenvalue weighted by molar-refractivity contribution is 5.18. The van der Waals surface area contributed by atoms with Crippen molar-refractivity contribution in [1.29, 1.82) is 0 Å². The van der Waals surface area contributed by atoms with E-state index in [0.717, 1.165) is 0 Å². The Hall–Kier alpha value is -1.14. The maximum absolute atomic E-state index is 13.7. The molecule has 21 heavy (non-hydrogen) atoms. The summed E-state index contributed by atoms with van der Waals surface area (Å²) >= 11 is 0. The number of hydrazine groups is 1. The maximum atomic E-state index is 13.7. The smallest absolute Gasteiger partial charge is 0.271 e. The summed E-state index contributed by atoms with van der Waals surface area (Å²) in [7, 11) is 0. The molecular weight excluding hydrogens is 284 g/mol. The zero-order valence-corrected chi connectivity index (χ0v) is 11.7. The number of hydrogen-bond acceptors (Lipinski definition) is 2. The lowest BCUT2D eigenvalue weighted by atomic mass is 9.77. The van der Waals surface area contributed by atoms with Gasteiger partial charge in [-0.2, -0.15) is 13.2 Å². The third-order valence-corrected chi connectivity index (χ3v) is 4.42. The molecule has 0 aliphatic heterocycles. The third-order valence-electron chi connectivity index (χ3n) is 4.42. The molecule has 0 spiro atoms. The molecular formula is C15H20F4N2. The van der Waals surface area contributed by atoms with Gasteiger partial charge in [0.2, 0.25) is 0 Å². The van der Waals surface area contributed by atoms with Crippen LogP contribution in [0.5, 0.6) is 0 Å². The van der Waals surface area contributed by atoms with E-state index in [9.17, 15) is 17.6 Å². The van der Waals surface area contributed by atoms with Crippen molar-refractivity contribution in [2.45, 2.75) is 44.3 Å². The van der Waals surface area contributed by atoms with Crippen LogP contribution in [-0.2, 0) is 6.42 Å². The SMILES string of the molecule is NNC(Cc1ccccc1F)C1CCC(C(F)(F)F)CC1. The van der Waals surface area contributed by atoms with E-state index in [1.807, 2.05) is 0 Å². The Balaban J connectivity index is 1.96. The van der Waals surface area contributed by atoms with Gasteiger partial charge in [-0.1, -0.05) is 18.2 Å². The zero-order chi connectivity index (χ0) is 15.5. The molecule has 0 heterocycles. The second-order valence-electron chi connectivity index (χ2n) is 5.72. The molecule has 0 aromatic heterocycles. The molecule has 1 aromatic rings. The predicted molar refractivity (Wildman–Crippen MR) is 72.7 cm³/mol. The van der Waals surface area contributed by atoms with E-state index < -0.39 is 12.1 Å². The molecule has 1 aliphatic carbocycles. The standard InChI is InChI=1S/C15H20F4N2/c16-13-4-2-1-3-11(13)9-14(21-20)10-5-7-12(8-6-10)15(17,18)19/h1-4,10,12,14,21H,5-9,20H2. The van der Waals surface area contributed by atoms with Crippen molar-refractivity contribution >= 4 is 0 Å². The first-order chi connectivity index (χ1) is 9.91. The lowest BCUT2D eigenvalue weighted by Gasteiger charge is -2.34. The molecule has 0 amide bonds. The van der Waals surface area contributed by atoms with Crippen LogP contribution in [-0.4, -0.2) is 12.2 Å². The van der Waals surface area contributed by atoms with Gasteiger partial charge in [-0.25, -0.2) is 4.39 Å². The van der Waals surface area contributed by atoms with Crippen molar-refractivity contribution in [2.75, 3.05) is 0 Å². The highest BCUT2D eigenvalue weighted by Crippen LogP contribution is 2.40. The Bertz CT molecular complexity index is 453. The quantitative estimate of drug-likeness (QED) is 0.507. The Kier molecular flexibility index (Phi) is 5.22. The average Bonchev–Trinajstić information content (AvgIpc) is 2.46. The van der Waals surface area contributed by atoms with Crippen LogP contribution in [0.4, 0.5) is 17.6 Å². The van der Waals surface area contributed by atoms with Crippen molar-refractivity contribution in [3.05, 3.63) is 35.6 Å². The molecule has 1 atom stereocenters. The van der Waals surface area contributed by atoms with Crippen LogP contribution in [0.1, 0.15) is 31.2 Å². The van der Waals surface area contributed by atoms with E-state index in [-0.39, 0.29) is 30.6 Å². The molecule has 0 bridgehead atoms. The van der Waals surface area contributed by atoms with Gasteiger partial charge in [-0.05, 0) is 49.7 Å². The number of rotatable bonds is 4. The van der Waals surface area contributed by atoms with E-state index in [0.29, 0.717) is 24.8 Å². The minimum Gasteiger partial charge on any atom is -0.271 e. The van der Waals surface area contributed by atoms with Crippen LogP contribution in [0.3, 0.4) is 0 Å². The van der Waals surface area contributed by atoms with Gasteiger partial charge in [0.05, 0.1) is 5.92 Å². The fraction of sp³-hybridized carbons (Fsp3) is 0.600. The second kappa shape index (κ2) is 6.75. The van der Waals surface area contributed by atoms with Gasteiger partial charge >= 0.3 is 6.18 Å². The highest BCUT2D eigenvalue weighted by Gasteiger charge is 2.42. The molecule has 3 N–H and O–H groups in total. The molecule has 1 fully saturated rings. The van der Waals surface area contributed by atoms with E-state index in [4.69, 9.17) is 5.84 Å². The molecule has 0 radical (unpaired) electrons. The van der Waals surface area contributed by atoms with Gasteiger partial charge in [0.1, 0.15) is 5.82 Å². The van der Waals surface area contributed by atoms with Crippen molar-refractivity contribution in [2.24, 2.45) is 17.7 Å². The van der Waals surface area contributed by atoms with Crippen LogP contribution in [0.2, 0.25) is 0 Å². The molecule has 118 valence electrons. The Morgan fingerprint density at radius 2 is 1.76 bits per heavy atom. The monoisotopic (exact) mass is 304 g/mol. The van der Waals surface area contributed by atoms with Crippen molar-refractivity contribution in [1.82, 2.24) is 5.43 Å². The van der Waals surface area contributed by atoms with Crippen LogP contribution < -0.4 is 11.3 Å². The summed E-state index contributed by atoms with van der Waals surface area (Å²) in [6.07, 6.45) is -2.53. The number of nitrogens with one attached hydrogen (secondary N) is 1. The van der Waals surface area contributed by atoms with Gasteiger partial charge < -0.3 is 0 Å². The summed E-state index contributed by atoms with van der Waals surface area (Å²) in [4.78, 5) is 0. The molecule has 6 heteroatoms. The summed E-state index contributed by atoms with van der Waals surface area (Å²) in [6, 6.07) is 6.21. The third kappa shape index (κ3) is 4.17. The number of alkyl halides is 3. The minimum atomic E-state index is -4.11. The first-order valence-electron chi connectivity index (χ1n) is 7.18. The summed E-state index contributed by atoms with van der Waals surface area (Å²) in [6.45, 7) is 0. The molecule has 2 nitrogen and oxygen atoms in total. The highest BCUT2D eigenvalue weighted by atomic mass is 19.4. The first kappa shape index (κ1) is 16.2. The Morgan fingerprint density at radius 3 is 2.29 bits per heavy atom. The normalized spacial score (nSPS) is 24.8. The molecule has 1 saturated carbocycles. The minimum absolute atomic E-state index is 0.0493. The Morgan fingerprint density at radius 1 is 1.14 bits per heavy atom. The topological polar surface area (TPSA) is 38.0 Å². The molecule has 1 unspecified atom stereocenters. The van der Waals surface area contributed by atoms with E-state index in [1.165, 1.54) is 6.07 Å². The largest absolute Gasteiger partial charge is 0.391 e. The van der Waals surface area contributed by atoms with E-state index >= 15 is 0 Å². The lowest BCUT2D eigenvalue weighted by Crippen LogP contribution is -2.44. The van der Waals surface area contributed by atoms with Gasteiger partial charge in [0.15, 0.2) is 0 Å². The average molecular weight is 304 g/mol. The first-order valence-corrected chi connectivity index (χ1v) is 7.18. The van der Waals surface area contributed by atoms with Crippen molar-refractivity contribution in [3.63, 3.8) is 0 Å². The van der Waals surface area contributed by atoms with Crippen LogP contribution in [0.15, 0.2) is 24.3 Å². The second-order valence-corrected chi connectivity index (χ2v) is 5.72. The maximum Gasteiger partial charge on any atom is 0.391 e. The summed E-state index contributed by atoms with van der Waals surface area (Å²) in [5.41, 5.74) is 3.19. The fourth-order valence-electron chi connectivity index (χ4n) is 3.11. The summed E-state index contributed by atoms with van der Waals surface area (Å²) in [5.74, 6) is 4.06. The van der Waals surface area contributed by atoms with E-state index in [1.54, 1.807) is 18.2 Å². The molecule has 2 rings (SSSR count). The fourth-order valence-corrected chi connectivity index (χ4v) is 3.11. The van der Waals surface area contributed by atoms with Gasteiger partial charge in [-0.15, -0.1) is 0 Å². The Labute approximate surface area is 121 Å². The number of hydrogen-bond donors (Lipinski definition) is 2. The number of halogens is 4. The van der Waals surface area contributed by atoms with Crippen LogP contribution in [0.25, 0.3) is 0 Å². The van der Waals surface area contributed by atoms with Gasteiger partial charge in [-0.3, -0.25) is 11.3 Å². The van der Waals surface area contributed by atoms with Crippen molar-refractivity contribution in [3.8, 4) is 0 Å². The molecule has 0 saturated heterocycles. The van der Waals surface area contributed by atoms with Crippen LogP contribution in [0, 0.1) is 17.7 Å². The number of nitrogens with two attached hydrogens (primary N) is 1. The summed E-state index contributed by atoms with van der Waals surface area (Å²) < 4.78 is 51.6. The predicted octanol–water partition coefficient (Wildman–Crippen LogP) is 3.57. The zero-order valence-electron chi connectivity index (χ0n) is 11.7. The van der Waals surface area contributed by atoms with Crippen LogP contribution >= 0.6 is 0 Å². The van der Waals surface area contributed by atoms with Gasteiger partial charge in [0, 0.05) is 6.04 Å².